The normalized spacial score (nSPS) is 17.0. The van der Waals surface area contributed by atoms with Gasteiger partial charge in [-0.25, -0.2) is 0 Å². The second kappa shape index (κ2) is 9.25. The fourth-order valence-electron chi connectivity index (χ4n) is 2.94. The second-order valence-electron chi connectivity index (χ2n) is 6.62. The number of hydrogen-bond acceptors (Lipinski definition) is 2. The lowest BCUT2D eigenvalue weighted by molar-refractivity contribution is 0.0192. The maximum atomic E-state index is 6.06. The van der Waals surface area contributed by atoms with E-state index in [2.05, 4.69) is 6.92 Å². The molecule has 1 heterocycles. The van der Waals surface area contributed by atoms with Gasteiger partial charge in [-0.2, -0.15) is 0 Å². The van der Waals surface area contributed by atoms with Crippen LogP contribution in [0.15, 0.2) is 0 Å². The lowest BCUT2D eigenvalue weighted by Crippen LogP contribution is -2.71. The van der Waals surface area contributed by atoms with Gasteiger partial charge in [0.2, 0.25) is 0 Å². The van der Waals surface area contributed by atoms with Crippen LogP contribution in [-0.2, 0) is 4.74 Å². The molecule has 0 aromatic rings. The Morgan fingerprint density at radius 2 is 1.50 bits per heavy atom. The van der Waals surface area contributed by atoms with Gasteiger partial charge in [0.15, 0.2) is 0 Å². The molecular weight excluding hydrogens is 256 g/mol. The van der Waals surface area contributed by atoms with Crippen LogP contribution in [0, 0.1) is 5.41 Å². The molecule has 0 aliphatic carbocycles. The molecule has 0 unspecified atom stereocenters. The lowest BCUT2D eigenvalue weighted by atomic mass is 8.65. The lowest BCUT2D eigenvalue weighted by Gasteiger charge is -2.43. The van der Waals surface area contributed by atoms with Crippen molar-refractivity contribution in [1.29, 1.82) is 0 Å². The second-order valence-corrected chi connectivity index (χ2v) is 6.62. The van der Waals surface area contributed by atoms with Gasteiger partial charge in [-0.1, -0.05) is 6.92 Å². The zero-order valence-corrected chi connectivity index (χ0v) is 13.5. The van der Waals surface area contributed by atoms with Crippen molar-refractivity contribution in [2.75, 3.05) is 19.8 Å². The smallest absolute Gasteiger partial charge is 0.105 e. The zero-order chi connectivity index (χ0) is 16.9. The Balaban J connectivity index is 2.77. The van der Waals surface area contributed by atoms with Crippen LogP contribution in [0.4, 0.5) is 0 Å². The third-order valence-corrected chi connectivity index (χ3v) is 4.67. The van der Waals surface area contributed by atoms with Crippen molar-refractivity contribution in [1.82, 2.24) is 4.72 Å². The Bertz CT molecular complexity index is 324. The van der Waals surface area contributed by atoms with E-state index in [9.17, 15) is 0 Å². The Labute approximate surface area is 147 Å². The summed E-state index contributed by atoms with van der Waals surface area (Å²) in [5.74, 6) is 0. The maximum Gasteiger partial charge on any atom is 0.105 e. The average molecular weight is 271 g/mol. The van der Waals surface area contributed by atoms with Gasteiger partial charge in [0.1, 0.15) is 13.3 Å². The largest absolute Gasteiger partial charge is 0.411 e. The Kier molecular flexibility index (Phi) is 8.72. The summed E-state index contributed by atoms with van der Waals surface area (Å²) in [4.78, 5) is 0. The third kappa shape index (κ3) is 5.96. The molecule has 1 saturated heterocycles. The molecule has 1 aliphatic rings. The summed E-state index contributed by atoms with van der Waals surface area (Å²) >= 11 is 0. The number of nitrogens with zero attached hydrogens (tertiary/aromatic N) is 1. The van der Waals surface area contributed by atoms with Crippen LogP contribution in [0.25, 0.3) is 0 Å². The average Bonchev–Trinajstić information content (AvgIpc) is 2.42. The van der Waals surface area contributed by atoms with Gasteiger partial charge in [-0.3, -0.25) is 0 Å². The molecule has 1 rings (SSSR count). The van der Waals surface area contributed by atoms with Crippen LogP contribution in [0.2, 0.25) is 0 Å². The van der Waals surface area contributed by atoms with E-state index in [1.807, 2.05) is 4.72 Å². The van der Waals surface area contributed by atoms with E-state index in [0.717, 1.165) is 32.5 Å². The van der Waals surface area contributed by atoms with Crippen molar-refractivity contribution in [3.63, 3.8) is 0 Å². The Morgan fingerprint density at radius 1 is 0.955 bits per heavy atom. The van der Waals surface area contributed by atoms with E-state index in [4.69, 9.17) is 58.9 Å². The molecule has 14 radical (unpaired) electrons. The van der Waals surface area contributed by atoms with E-state index in [-0.39, 0.29) is 5.41 Å². The molecule has 0 aromatic heterocycles. The minimum atomic E-state index is -0.750. The van der Waals surface area contributed by atoms with Gasteiger partial charge < -0.3 is 9.46 Å². The van der Waals surface area contributed by atoms with Gasteiger partial charge in [-0.15, -0.1) is 0 Å². The molecule has 14 heteroatoms. The molecule has 0 spiro atoms. The van der Waals surface area contributed by atoms with Crippen LogP contribution in [-0.4, -0.2) is 111 Å². The molecule has 0 N–H and O–H groups in total. The highest BCUT2D eigenvalue weighted by molar-refractivity contribution is 7.91. The van der Waals surface area contributed by atoms with Gasteiger partial charge in [0.25, 0.3) is 0 Å². The summed E-state index contributed by atoms with van der Waals surface area (Å²) in [5, 5.41) is 0. The molecule has 0 saturated carbocycles. The molecule has 0 amide bonds. The summed E-state index contributed by atoms with van der Waals surface area (Å²) in [6, 6.07) is 0. The van der Waals surface area contributed by atoms with Crippen LogP contribution < -0.4 is 0 Å². The number of ether oxygens (including phenoxy) is 1. The summed E-state index contributed by atoms with van der Waals surface area (Å²) in [5.41, 5.74) is 0.184. The third-order valence-electron chi connectivity index (χ3n) is 4.67. The highest BCUT2D eigenvalue weighted by Gasteiger charge is 2.36. The van der Waals surface area contributed by atoms with E-state index in [1.165, 1.54) is 0 Å². The standard InChI is InChI=1S/C8H15B12NO/c1-8(3-6-22-7-4-8)2-5-21(18(13)14)20(17(11)12)19(15)16(9)10/h2-7H2,1H3. The number of hydrogen-bond donors (Lipinski definition) is 0. The van der Waals surface area contributed by atoms with Gasteiger partial charge >= 0.3 is 0 Å². The predicted octanol–water partition coefficient (Wildman–Crippen LogP) is -3.15. The summed E-state index contributed by atoms with van der Waals surface area (Å²) in [6.07, 6.45) is 0.806. The monoisotopic (exact) mass is 273 g/mol. The fourth-order valence-corrected chi connectivity index (χ4v) is 2.94. The molecule has 2 nitrogen and oxygen atoms in total. The predicted molar refractivity (Wildman–Crippen MR) is 109 cm³/mol. The van der Waals surface area contributed by atoms with Gasteiger partial charge in [0, 0.05) is 86.5 Å². The first-order valence-corrected chi connectivity index (χ1v) is 7.80. The minimum absolute atomic E-state index is 0.184. The minimum Gasteiger partial charge on any atom is -0.411 e. The first-order chi connectivity index (χ1) is 10.2. The van der Waals surface area contributed by atoms with Crippen molar-refractivity contribution < 1.29 is 4.74 Å². The maximum absolute atomic E-state index is 6.06. The van der Waals surface area contributed by atoms with Crippen molar-refractivity contribution in [3.8, 4) is 0 Å². The van der Waals surface area contributed by atoms with Crippen molar-refractivity contribution in [2.45, 2.75) is 26.2 Å². The van der Waals surface area contributed by atoms with E-state index in [0.29, 0.717) is 6.54 Å². The highest BCUT2D eigenvalue weighted by Crippen LogP contribution is 2.33. The van der Waals surface area contributed by atoms with E-state index >= 15 is 0 Å². The molecule has 0 aromatic carbocycles. The number of rotatable bonds is 8. The van der Waals surface area contributed by atoms with E-state index < -0.39 is 32.4 Å². The molecule has 0 bridgehead atoms. The molecule has 94 valence electrons. The first-order valence-electron chi connectivity index (χ1n) is 7.80. The molecular formula is C8H15B12NO. The van der Waals surface area contributed by atoms with Crippen LogP contribution in [0.3, 0.4) is 0 Å². The zero-order valence-electron chi connectivity index (χ0n) is 13.5. The molecule has 1 aliphatic heterocycles. The summed E-state index contributed by atoms with van der Waals surface area (Å²) < 4.78 is 7.23. The van der Waals surface area contributed by atoms with Crippen LogP contribution in [0.5, 0.6) is 0 Å². The Hall–Kier alpha value is 0.699. The fraction of sp³-hybridized carbons (Fsp3) is 1.00. The van der Waals surface area contributed by atoms with Gasteiger partial charge in [-0.05, 0) is 31.2 Å². The van der Waals surface area contributed by atoms with Crippen LogP contribution in [0.1, 0.15) is 26.2 Å². The molecule has 22 heavy (non-hydrogen) atoms. The van der Waals surface area contributed by atoms with Crippen molar-refractivity contribution in [2.24, 2.45) is 5.41 Å². The first kappa shape index (κ1) is 20.7. The van der Waals surface area contributed by atoms with Crippen LogP contribution >= 0.6 is 0 Å². The molecule has 0 atom stereocenters. The van der Waals surface area contributed by atoms with Crippen molar-refractivity contribution in [3.05, 3.63) is 0 Å². The Morgan fingerprint density at radius 3 is 1.91 bits per heavy atom. The summed E-state index contributed by atoms with van der Waals surface area (Å²) in [7, 11) is 41.0. The molecule has 1 fully saturated rings. The van der Waals surface area contributed by atoms with E-state index in [1.54, 1.807) is 0 Å². The van der Waals surface area contributed by atoms with Gasteiger partial charge in [0.05, 0.1) is 0 Å². The highest BCUT2D eigenvalue weighted by atomic mass is 16.5. The summed E-state index contributed by atoms with van der Waals surface area (Å²) in [6.45, 7) is 3.21. The quantitative estimate of drug-likeness (QED) is 0.432. The topological polar surface area (TPSA) is 12.5 Å². The SMILES string of the molecule is [B]B([B])B([B])B(B([B])[B])N(CCC1(C)CCOCC1)B([B])[B]. The van der Waals surface area contributed by atoms with Crippen molar-refractivity contribution >= 4 is 86.6 Å².